The summed E-state index contributed by atoms with van der Waals surface area (Å²) in [7, 11) is 0. The summed E-state index contributed by atoms with van der Waals surface area (Å²) >= 11 is 3.63. The molecule has 0 unspecified atom stereocenters. The lowest BCUT2D eigenvalue weighted by Gasteiger charge is -2.06. The highest BCUT2D eigenvalue weighted by Gasteiger charge is 2.20. The van der Waals surface area contributed by atoms with Gasteiger partial charge in [0, 0.05) is 12.4 Å². The SMILES string of the molecule is c1cc(-c2cnc([C@@H]3CCCN3)s2)ccc1-c1ccc(-c2cnc([C@@H]3CCCN3)s2)cc1. The fourth-order valence-corrected chi connectivity index (χ4v) is 6.68. The quantitative estimate of drug-likeness (QED) is 0.361. The molecule has 2 atom stereocenters. The number of hydrogen-bond donors (Lipinski definition) is 2. The Morgan fingerprint density at radius 2 is 1.00 bits per heavy atom. The normalized spacial score (nSPS) is 20.8. The molecule has 2 aromatic heterocycles. The van der Waals surface area contributed by atoms with Gasteiger partial charge >= 0.3 is 0 Å². The van der Waals surface area contributed by atoms with Gasteiger partial charge in [0.2, 0.25) is 0 Å². The third-order valence-corrected chi connectivity index (χ3v) is 8.76. The summed E-state index contributed by atoms with van der Waals surface area (Å²) in [5.41, 5.74) is 4.96. The van der Waals surface area contributed by atoms with Gasteiger partial charge in [-0.3, -0.25) is 0 Å². The molecule has 0 saturated carbocycles. The summed E-state index contributed by atoms with van der Waals surface area (Å²) in [6.07, 6.45) is 8.93. The van der Waals surface area contributed by atoms with E-state index in [9.17, 15) is 0 Å². The molecule has 2 aliphatic heterocycles. The van der Waals surface area contributed by atoms with Crippen LogP contribution in [-0.2, 0) is 0 Å². The molecule has 2 aromatic carbocycles. The molecule has 0 spiro atoms. The number of rotatable bonds is 5. The van der Waals surface area contributed by atoms with Crippen LogP contribution in [0.5, 0.6) is 0 Å². The van der Waals surface area contributed by atoms with E-state index in [1.807, 2.05) is 35.1 Å². The van der Waals surface area contributed by atoms with Crippen LogP contribution in [-0.4, -0.2) is 23.1 Å². The number of thiazole rings is 2. The summed E-state index contributed by atoms with van der Waals surface area (Å²) in [6, 6.07) is 18.6. The van der Waals surface area contributed by atoms with Crippen LogP contribution in [0.25, 0.3) is 32.0 Å². The summed E-state index contributed by atoms with van der Waals surface area (Å²) in [4.78, 5) is 11.8. The zero-order valence-corrected chi connectivity index (χ0v) is 19.5. The van der Waals surface area contributed by atoms with E-state index in [4.69, 9.17) is 0 Å². The fourth-order valence-electron chi connectivity index (χ4n) is 4.61. The first kappa shape index (κ1) is 20.2. The summed E-state index contributed by atoms with van der Waals surface area (Å²) in [6.45, 7) is 2.21. The second-order valence-corrected chi connectivity index (χ2v) is 10.7. The molecule has 2 saturated heterocycles. The van der Waals surface area contributed by atoms with E-state index < -0.39 is 0 Å². The topological polar surface area (TPSA) is 49.8 Å². The van der Waals surface area contributed by atoms with Gasteiger partial charge in [-0.05, 0) is 61.0 Å². The van der Waals surface area contributed by atoms with Crippen molar-refractivity contribution in [3.05, 3.63) is 70.9 Å². The standard InChI is InChI=1S/C26H26N4S2/c1-3-21(27-13-1)25-29-15-23(31-25)19-9-5-17(6-10-19)18-7-11-20(12-8-18)24-16-30-26(32-24)22-4-2-14-28-22/h5-12,15-16,21-22,27-28H,1-4,13-14H2/t21-,22-/m0/s1. The molecule has 2 aliphatic rings. The van der Waals surface area contributed by atoms with Crippen LogP contribution in [0, 0.1) is 0 Å². The minimum absolute atomic E-state index is 0.440. The van der Waals surface area contributed by atoms with Gasteiger partial charge in [0.05, 0.1) is 21.8 Å². The Balaban J connectivity index is 1.17. The van der Waals surface area contributed by atoms with Gasteiger partial charge in [0.1, 0.15) is 10.0 Å². The number of hydrogen-bond acceptors (Lipinski definition) is 6. The molecule has 162 valence electrons. The number of nitrogens with one attached hydrogen (secondary N) is 2. The van der Waals surface area contributed by atoms with Crippen LogP contribution in [0.15, 0.2) is 60.9 Å². The van der Waals surface area contributed by atoms with Crippen molar-refractivity contribution in [2.24, 2.45) is 0 Å². The zero-order valence-electron chi connectivity index (χ0n) is 17.9. The van der Waals surface area contributed by atoms with Gasteiger partial charge in [-0.2, -0.15) is 0 Å². The van der Waals surface area contributed by atoms with Crippen LogP contribution in [0.3, 0.4) is 0 Å². The molecular weight excluding hydrogens is 432 g/mol. The first-order valence-electron chi connectivity index (χ1n) is 11.4. The Morgan fingerprint density at radius 1 is 0.594 bits per heavy atom. The number of benzene rings is 2. The number of aromatic nitrogens is 2. The fraction of sp³-hybridized carbons (Fsp3) is 0.308. The molecule has 6 heteroatoms. The molecule has 4 heterocycles. The average Bonchev–Trinajstić information content (AvgIpc) is 3.66. The van der Waals surface area contributed by atoms with Crippen LogP contribution in [0.1, 0.15) is 47.8 Å². The third kappa shape index (κ3) is 4.04. The first-order valence-corrected chi connectivity index (χ1v) is 13.1. The Labute approximate surface area is 196 Å². The maximum Gasteiger partial charge on any atom is 0.110 e. The second kappa shape index (κ2) is 8.87. The summed E-state index contributed by atoms with van der Waals surface area (Å²) in [5.74, 6) is 0. The van der Waals surface area contributed by atoms with Crippen LogP contribution in [0.4, 0.5) is 0 Å². The monoisotopic (exact) mass is 458 g/mol. The molecule has 0 aliphatic carbocycles. The van der Waals surface area contributed by atoms with Gasteiger partial charge in [0.25, 0.3) is 0 Å². The van der Waals surface area contributed by atoms with Crippen molar-refractivity contribution in [3.8, 4) is 32.0 Å². The molecule has 4 aromatic rings. The average molecular weight is 459 g/mol. The molecule has 0 amide bonds. The van der Waals surface area contributed by atoms with Crippen molar-refractivity contribution in [1.29, 1.82) is 0 Å². The predicted octanol–water partition coefficient (Wildman–Crippen LogP) is 6.45. The Hall–Kier alpha value is -2.38. The van der Waals surface area contributed by atoms with Crippen LogP contribution in [0.2, 0.25) is 0 Å². The minimum Gasteiger partial charge on any atom is -0.308 e. The van der Waals surface area contributed by atoms with E-state index in [-0.39, 0.29) is 0 Å². The smallest absolute Gasteiger partial charge is 0.110 e. The van der Waals surface area contributed by atoms with Gasteiger partial charge in [-0.25, -0.2) is 9.97 Å². The van der Waals surface area contributed by atoms with Crippen molar-refractivity contribution in [2.45, 2.75) is 37.8 Å². The lowest BCUT2D eigenvalue weighted by atomic mass is 10.0. The van der Waals surface area contributed by atoms with E-state index in [1.165, 1.54) is 67.7 Å². The molecule has 0 radical (unpaired) electrons. The van der Waals surface area contributed by atoms with E-state index in [2.05, 4.69) is 69.1 Å². The van der Waals surface area contributed by atoms with E-state index in [0.29, 0.717) is 12.1 Å². The molecule has 2 fully saturated rings. The first-order chi connectivity index (χ1) is 15.8. The minimum atomic E-state index is 0.440. The molecule has 0 bridgehead atoms. The Kier molecular flexibility index (Phi) is 5.61. The maximum atomic E-state index is 4.67. The van der Waals surface area contributed by atoms with E-state index in [0.717, 1.165) is 13.1 Å². The van der Waals surface area contributed by atoms with Crippen molar-refractivity contribution >= 4 is 22.7 Å². The highest BCUT2D eigenvalue weighted by atomic mass is 32.1. The third-order valence-electron chi connectivity index (χ3n) is 6.44. The van der Waals surface area contributed by atoms with Crippen molar-refractivity contribution < 1.29 is 0 Å². The predicted molar refractivity (Wildman–Crippen MR) is 134 cm³/mol. The molecule has 32 heavy (non-hydrogen) atoms. The van der Waals surface area contributed by atoms with E-state index in [1.54, 1.807) is 0 Å². The van der Waals surface area contributed by atoms with E-state index >= 15 is 0 Å². The highest BCUT2D eigenvalue weighted by Crippen LogP contribution is 2.35. The van der Waals surface area contributed by atoms with Gasteiger partial charge in [-0.1, -0.05) is 48.5 Å². The molecule has 2 N–H and O–H groups in total. The molecule has 6 rings (SSSR count). The molecule has 4 nitrogen and oxygen atoms in total. The van der Waals surface area contributed by atoms with Gasteiger partial charge < -0.3 is 10.6 Å². The largest absolute Gasteiger partial charge is 0.308 e. The van der Waals surface area contributed by atoms with Gasteiger partial charge in [-0.15, -0.1) is 22.7 Å². The van der Waals surface area contributed by atoms with Crippen LogP contribution < -0.4 is 10.6 Å². The lowest BCUT2D eigenvalue weighted by molar-refractivity contribution is 0.643. The lowest BCUT2D eigenvalue weighted by Crippen LogP contribution is -2.12. The molecular formula is C26H26N4S2. The van der Waals surface area contributed by atoms with Crippen LogP contribution >= 0.6 is 22.7 Å². The summed E-state index contributed by atoms with van der Waals surface area (Å²) in [5, 5.41) is 9.51. The maximum absolute atomic E-state index is 4.67. The van der Waals surface area contributed by atoms with Crippen molar-refractivity contribution in [2.75, 3.05) is 13.1 Å². The summed E-state index contributed by atoms with van der Waals surface area (Å²) < 4.78 is 0. The second-order valence-electron chi connectivity index (χ2n) is 8.58. The Morgan fingerprint density at radius 3 is 1.38 bits per heavy atom. The van der Waals surface area contributed by atoms with Gasteiger partial charge in [0.15, 0.2) is 0 Å². The van der Waals surface area contributed by atoms with Crippen molar-refractivity contribution in [3.63, 3.8) is 0 Å². The Bertz CT molecular complexity index is 1090. The highest BCUT2D eigenvalue weighted by molar-refractivity contribution is 7.15. The zero-order chi connectivity index (χ0) is 21.3. The number of nitrogens with zero attached hydrogens (tertiary/aromatic N) is 2. The van der Waals surface area contributed by atoms with Crippen molar-refractivity contribution in [1.82, 2.24) is 20.6 Å².